The van der Waals surface area contributed by atoms with Crippen molar-refractivity contribution >= 4 is 17.4 Å². The normalized spacial score (nSPS) is 15.6. The molecule has 0 saturated carbocycles. The van der Waals surface area contributed by atoms with Crippen LogP contribution in [0.1, 0.15) is 35.2 Å². The van der Waals surface area contributed by atoms with Gasteiger partial charge in [-0.25, -0.2) is 9.97 Å². The molecular formula is C22H20N4O. The summed E-state index contributed by atoms with van der Waals surface area (Å²) < 4.78 is 0. The summed E-state index contributed by atoms with van der Waals surface area (Å²) in [4.78, 5) is 24.6. The second-order valence-electron chi connectivity index (χ2n) is 7.10. The fourth-order valence-electron chi connectivity index (χ4n) is 4.19. The Hall–Kier alpha value is -3.21. The first kappa shape index (κ1) is 16.0. The summed E-state index contributed by atoms with van der Waals surface area (Å²) in [5, 5.41) is 0. The Bertz CT molecular complexity index is 1040. The maximum Gasteiger partial charge on any atom is 0.221 e. The number of ketones is 1. The van der Waals surface area contributed by atoms with Crippen molar-refractivity contribution < 1.29 is 4.79 Å². The van der Waals surface area contributed by atoms with Gasteiger partial charge < -0.3 is 10.6 Å². The van der Waals surface area contributed by atoms with Crippen LogP contribution in [-0.2, 0) is 0 Å². The third kappa shape index (κ3) is 2.50. The van der Waals surface area contributed by atoms with Crippen LogP contribution in [0.15, 0.2) is 48.5 Å². The Morgan fingerprint density at radius 2 is 1.56 bits per heavy atom. The maximum atomic E-state index is 13.3. The highest BCUT2D eigenvalue weighted by molar-refractivity contribution is 6.25. The number of nitrogens with two attached hydrogens (primary N) is 1. The maximum absolute atomic E-state index is 13.3. The summed E-state index contributed by atoms with van der Waals surface area (Å²) in [6, 6.07) is 15.7. The Morgan fingerprint density at radius 3 is 2.33 bits per heavy atom. The van der Waals surface area contributed by atoms with E-state index in [1.54, 1.807) is 0 Å². The molecule has 27 heavy (non-hydrogen) atoms. The summed E-state index contributed by atoms with van der Waals surface area (Å²) in [7, 11) is 0. The van der Waals surface area contributed by atoms with Gasteiger partial charge in [0.2, 0.25) is 5.95 Å². The molecule has 2 aliphatic rings. The summed E-state index contributed by atoms with van der Waals surface area (Å²) in [5.74, 6) is 0.180. The Balaban J connectivity index is 1.75. The van der Waals surface area contributed by atoms with E-state index in [1.807, 2.05) is 42.5 Å². The van der Waals surface area contributed by atoms with Crippen molar-refractivity contribution in [1.29, 1.82) is 0 Å². The lowest BCUT2D eigenvalue weighted by Gasteiger charge is -2.30. The fourth-order valence-corrected chi connectivity index (χ4v) is 4.19. The van der Waals surface area contributed by atoms with Crippen molar-refractivity contribution in [3.63, 3.8) is 0 Å². The molecule has 3 aromatic rings. The SMILES string of the molecule is Nc1nc(-c2ccccc2)c2c(n1)-c1c(cccc1N1CCCCC1)C2=O. The van der Waals surface area contributed by atoms with E-state index in [-0.39, 0.29) is 11.7 Å². The van der Waals surface area contributed by atoms with Crippen molar-refractivity contribution in [3.05, 3.63) is 59.7 Å². The molecule has 2 aromatic carbocycles. The number of hydrogen-bond acceptors (Lipinski definition) is 5. The molecular weight excluding hydrogens is 336 g/mol. The molecule has 1 saturated heterocycles. The predicted molar refractivity (Wildman–Crippen MR) is 107 cm³/mol. The van der Waals surface area contributed by atoms with Gasteiger partial charge in [-0.1, -0.05) is 42.5 Å². The Labute approximate surface area is 157 Å². The van der Waals surface area contributed by atoms with E-state index in [0.717, 1.165) is 29.9 Å². The van der Waals surface area contributed by atoms with Gasteiger partial charge in [0.15, 0.2) is 5.78 Å². The van der Waals surface area contributed by atoms with Gasteiger partial charge in [0, 0.05) is 35.5 Å². The zero-order chi connectivity index (χ0) is 18.4. The average Bonchev–Trinajstić information content (AvgIpc) is 3.01. The van der Waals surface area contributed by atoms with Crippen molar-refractivity contribution in [2.75, 3.05) is 23.7 Å². The summed E-state index contributed by atoms with van der Waals surface area (Å²) in [5.41, 5.74) is 11.5. The van der Waals surface area contributed by atoms with E-state index in [4.69, 9.17) is 5.73 Å². The number of nitrogen functional groups attached to an aromatic ring is 1. The smallest absolute Gasteiger partial charge is 0.221 e. The first-order valence-corrected chi connectivity index (χ1v) is 9.40. The van der Waals surface area contributed by atoms with Gasteiger partial charge in [-0.15, -0.1) is 0 Å². The van der Waals surface area contributed by atoms with Gasteiger partial charge in [-0.05, 0) is 25.3 Å². The van der Waals surface area contributed by atoms with E-state index < -0.39 is 0 Å². The van der Waals surface area contributed by atoms with E-state index >= 15 is 0 Å². The van der Waals surface area contributed by atoms with Gasteiger partial charge >= 0.3 is 0 Å². The number of hydrogen-bond donors (Lipinski definition) is 1. The molecule has 5 heteroatoms. The van der Waals surface area contributed by atoms with E-state index in [9.17, 15) is 4.79 Å². The molecule has 0 spiro atoms. The second kappa shape index (κ2) is 6.20. The standard InChI is InChI=1S/C22H20N4O/c23-22-24-19(14-8-3-1-4-9-14)18-20(25-22)17-15(21(18)27)10-7-11-16(17)26-12-5-2-6-13-26/h1,3-4,7-11H,2,5-6,12-13H2,(H2,23,24,25). The molecule has 0 bridgehead atoms. The van der Waals surface area contributed by atoms with Crippen molar-refractivity contribution in [3.8, 4) is 22.5 Å². The molecule has 1 aliphatic heterocycles. The molecule has 2 N–H and O–H groups in total. The minimum atomic E-state index is -0.0160. The zero-order valence-electron chi connectivity index (χ0n) is 15.0. The molecule has 5 rings (SSSR count). The molecule has 5 nitrogen and oxygen atoms in total. The number of benzene rings is 2. The zero-order valence-corrected chi connectivity index (χ0v) is 15.0. The van der Waals surface area contributed by atoms with Gasteiger partial charge in [0.05, 0.1) is 17.0 Å². The molecule has 1 aliphatic carbocycles. The Morgan fingerprint density at radius 1 is 0.815 bits per heavy atom. The first-order valence-electron chi connectivity index (χ1n) is 9.40. The summed E-state index contributed by atoms with van der Waals surface area (Å²) in [6.45, 7) is 2.01. The van der Waals surface area contributed by atoms with Crippen LogP contribution in [0.5, 0.6) is 0 Å². The highest BCUT2D eigenvalue weighted by Gasteiger charge is 2.35. The van der Waals surface area contributed by atoms with Crippen LogP contribution in [-0.4, -0.2) is 28.8 Å². The molecule has 0 amide bonds. The molecule has 134 valence electrons. The lowest BCUT2D eigenvalue weighted by atomic mass is 10.0. The van der Waals surface area contributed by atoms with Gasteiger partial charge in [0.25, 0.3) is 0 Å². The highest BCUT2D eigenvalue weighted by atomic mass is 16.1. The number of rotatable bonds is 2. The van der Waals surface area contributed by atoms with Crippen LogP contribution in [0.2, 0.25) is 0 Å². The van der Waals surface area contributed by atoms with Crippen LogP contribution in [0, 0.1) is 0 Å². The van der Waals surface area contributed by atoms with E-state index in [2.05, 4.69) is 20.9 Å². The predicted octanol–water partition coefficient (Wildman–Crippen LogP) is 3.93. The lowest BCUT2D eigenvalue weighted by molar-refractivity contribution is 0.104. The minimum Gasteiger partial charge on any atom is -0.371 e. The van der Waals surface area contributed by atoms with Crippen LogP contribution in [0.25, 0.3) is 22.5 Å². The largest absolute Gasteiger partial charge is 0.371 e. The minimum absolute atomic E-state index is 0.0160. The molecule has 1 fully saturated rings. The number of carbonyl (C=O) groups excluding carboxylic acids is 1. The molecule has 0 unspecified atom stereocenters. The van der Waals surface area contributed by atoms with Crippen molar-refractivity contribution in [2.45, 2.75) is 19.3 Å². The monoisotopic (exact) mass is 356 g/mol. The van der Waals surface area contributed by atoms with Gasteiger partial charge in [-0.3, -0.25) is 4.79 Å². The fraction of sp³-hybridized carbons (Fsp3) is 0.227. The van der Waals surface area contributed by atoms with Crippen LogP contribution < -0.4 is 10.6 Å². The van der Waals surface area contributed by atoms with Crippen LogP contribution in [0.3, 0.4) is 0 Å². The molecule has 0 radical (unpaired) electrons. The number of fused-ring (bicyclic) bond motifs is 3. The number of nitrogens with zero attached hydrogens (tertiary/aromatic N) is 3. The molecule has 0 atom stereocenters. The summed E-state index contributed by atoms with van der Waals surface area (Å²) >= 11 is 0. The lowest BCUT2D eigenvalue weighted by Crippen LogP contribution is -2.29. The topological polar surface area (TPSA) is 72.1 Å². The number of carbonyl (C=O) groups is 1. The van der Waals surface area contributed by atoms with Crippen molar-refractivity contribution in [2.24, 2.45) is 0 Å². The first-order chi connectivity index (χ1) is 13.2. The van der Waals surface area contributed by atoms with Gasteiger partial charge in [-0.2, -0.15) is 0 Å². The van der Waals surface area contributed by atoms with E-state index in [1.165, 1.54) is 19.3 Å². The third-order valence-electron chi connectivity index (χ3n) is 5.42. The van der Waals surface area contributed by atoms with Gasteiger partial charge in [0.1, 0.15) is 0 Å². The third-order valence-corrected chi connectivity index (χ3v) is 5.42. The number of piperidine rings is 1. The van der Waals surface area contributed by atoms with E-state index in [0.29, 0.717) is 22.5 Å². The van der Waals surface area contributed by atoms with Crippen molar-refractivity contribution in [1.82, 2.24) is 9.97 Å². The van der Waals surface area contributed by atoms with Crippen LogP contribution in [0.4, 0.5) is 11.6 Å². The number of aromatic nitrogens is 2. The average molecular weight is 356 g/mol. The second-order valence-corrected chi connectivity index (χ2v) is 7.10. The quantitative estimate of drug-likeness (QED) is 0.589. The highest BCUT2D eigenvalue weighted by Crippen LogP contribution is 2.45. The summed E-state index contributed by atoms with van der Waals surface area (Å²) in [6.07, 6.45) is 3.60. The number of anilines is 2. The molecule has 1 aromatic heterocycles. The van der Waals surface area contributed by atoms with Crippen LogP contribution >= 0.6 is 0 Å². The molecule has 2 heterocycles. The Kier molecular flexibility index (Phi) is 3.67.